The summed E-state index contributed by atoms with van der Waals surface area (Å²) in [7, 11) is -4.12. The third-order valence-electron chi connectivity index (χ3n) is 5.97. The number of benzene rings is 3. The molecule has 7 nitrogen and oxygen atoms in total. The van der Waals surface area contributed by atoms with Crippen LogP contribution in [0.5, 0.6) is 0 Å². The smallest absolute Gasteiger partial charge is 0.264 e. The molecule has 3 aromatic rings. The molecule has 1 N–H and O–H groups in total. The van der Waals surface area contributed by atoms with Crippen molar-refractivity contribution in [3.8, 4) is 0 Å². The van der Waals surface area contributed by atoms with E-state index in [1.807, 2.05) is 44.2 Å². The molecule has 0 aromatic heterocycles. The molecule has 37 heavy (non-hydrogen) atoms. The van der Waals surface area contributed by atoms with E-state index < -0.39 is 28.5 Å². The van der Waals surface area contributed by atoms with Crippen molar-refractivity contribution in [2.75, 3.05) is 17.4 Å². The van der Waals surface area contributed by atoms with Crippen molar-refractivity contribution in [1.82, 2.24) is 10.2 Å². The Morgan fingerprint density at radius 1 is 0.973 bits per heavy atom. The Morgan fingerprint density at radius 3 is 2.19 bits per heavy atom. The van der Waals surface area contributed by atoms with E-state index in [0.717, 1.165) is 21.9 Å². The molecule has 0 aliphatic heterocycles. The number of amides is 2. The van der Waals surface area contributed by atoms with Crippen molar-refractivity contribution in [1.29, 1.82) is 0 Å². The fourth-order valence-electron chi connectivity index (χ4n) is 3.74. The van der Waals surface area contributed by atoms with Gasteiger partial charge in [0.1, 0.15) is 12.6 Å². The largest absolute Gasteiger partial charge is 0.354 e. The summed E-state index contributed by atoms with van der Waals surface area (Å²) in [6, 6.07) is 21.2. The summed E-state index contributed by atoms with van der Waals surface area (Å²) in [5, 5.41) is 3.21. The van der Waals surface area contributed by atoms with Crippen LogP contribution < -0.4 is 9.62 Å². The number of anilines is 1. The van der Waals surface area contributed by atoms with Crippen LogP contribution in [0.15, 0.2) is 83.8 Å². The first-order chi connectivity index (χ1) is 17.6. The maximum absolute atomic E-state index is 13.8. The van der Waals surface area contributed by atoms with Crippen molar-refractivity contribution in [2.45, 2.75) is 44.7 Å². The number of nitrogens with zero attached hydrogens (tertiary/aromatic N) is 2. The Morgan fingerprint density at radius 2 is 1.59 bits per heavy atom. The van der Waals surface area contributed by atoms with E-state index in [-0.39, 0.29) is 23.0 Å². The van der Waals surface area contributed by atoms with Gasteiger partial charge in [-0.15, -0.1) is 0 Å². The lowest BCUT2D eigenvalue weighted by atomic mass is 10.1. The van der Waals surface area contributed by atoms with Crippen molar-refractivity contribution < 1.29 is 18.0 Å². The minimum atomic E-state index is -4.12. The molecule has 0 aliphatic carbocycles. The molecule has 0 radical (unpaired) electrons. The molecule has 196 valence electrons. The van der Waals surface area contributed by atoms with Gasteiger partial charge < -0.3 is 10.2 Å². The molecular weight excluding hydrogens is 510 g/mol. The van der Waals surface area contributed by atoms with Crippen LogP contribution in [0, 0.1) is 6.92 Å². The van der Waals surface area contributed by atoms with Gasteiger partial charge in [-0.05, 0) is 55.7 Å². The standard InChI is InChI=1S/C28H32ClN3O4S/c1-4-17-30-28(34)22(3)31(19-23-11-7-5-8-12-23)27(33)20-32(24-16-15-21(2)26(29)18-24)37(35,36)25-13-9-6-10-14-25/h5-16,18,22H,4,17,19-20H2,1-3H3,(H,30,34)/t22-/m0/s1. The van der Waals surface area contributed by atoms with Gasteiger partial charge in [0.05, 0.1) is 10.6 Å². The van der Waals surface area contributed by atoms with Gasteiger partial charge >= 0.3 is 0 Å². The Kier molecular flexibility index (Phi) is 9.72. The van der Waals surface area contributed by atoms with Crippen LogP contribution in [0.3, 0.4) is 0 Å². The number of nitrogens with one attached hydrogen (secondary N) is 1. The van der Waals surface area contributed by atoms with Crippen molar-refractivity contribution in [3.05, 3.63) is 95.0 Å². The first kappa shape index (κ1) is 28.2. The number of hydrogen-bond acceptors (Lipinski definition) is 4. The van der Waals surface area contributed by atoms with E-state index >= 15 is 0 Å². The highest BCUT2D eigenvalue weighted by atomic mass is 35.5. The molecule has 9 heteroatoms. The second kappa shape index (κ2) is 12.7. The summed E-state index contributed by atoms with van der Waals surface area (Å²) >= 11 is 6.33. The number of carbonyl (C=O) groups excluding carboxylic acids is 2. The molecule has 1 atom stereocenters. The average molecular weight is 542 g/mol. The fourth-order valence-corrected chi connectivity index (χ4v) is 5.35. The Labute approximate surface area is 224 Å². The highest BCUT2D eigenvalue weighted by Gasteiger charge is 2.32. The molecule has 0 bridgehead atoms. The number of carbonyl (C=O) groups is 2. The lowest BCUT2D eigenvalue weighted by Gasteiger charge is -2.32. The number of rotatable bonds is 11. The molecule has 0 heterocycles. The van der Waals surface area contributed by atoms with Gasteiger partial charge in [-0.3, -0.25) is 13.9 Å². The summed E-state index contributed by atoms with van der Waals surface area (Å²) in [5.41, 5.74) is 1.86. The highest BCUT2D eigenvalue weighted by molar-refractivity contribution is 7.92. The molecule has 0 fully saturated rings. The fraction of sp³-hybridized carbons (Fsp3) is 0.286. The minimum Gasteiger partial charge on any atom is -0.354 e. The molecule has 0 unspecified atom stereocenters. The molecule has 0 aliphatic rings. The monoisotopic (exact) mass is 541 g/mol. The van der Waals surface area contributed by atoms with Gasteiger partial charge in [0.15, 0.2) is 0 Å². The van der Waals surface area contributed by atoms with Gasteiger partial charge in [-0.1, -0.05) is 73.1 Å². The Bertz CT molecular complexity index is 1320. The zero-order chi connectivity index (χ0) is 27.0. The van der Waals surface area contributed by atoms with E-state index in [0.29, 0.717) is 11.6 Å². The predicted molar refractivity (Wildman–Crippen MR) is 147 cm³/mol. The highest BCUT2D eigenvalue weighted by Crippen LogP contribution is 2.28. The normalized spacial score (nSPS) is 12.0. The van der Waals surface area contributed by atoms with Gasteiger partial charge in [0, 0.05) is 18.1 Å². The second-order valence-corrected chi connectivity index (χ2v) is 11.0. The summed E-state index contributed by atoms with van der Waals surface area (Å²) < 4.78 is 28.5. The summed E-state index contributed by atoms with van der Waals surface area (Å²) in [6.45, 7) is 5.52. The zero-order valence-electron chi connectivity index (χ0n) is 21.2. The van der Waals surface area contributed by atoms with E-state index in [1.54, 1.807) is 37.3 Å². The third kappa shape index (κ3) is 7.11. The van der Waals surface area contributed by atoms with Crippen LogP contribution in [0.25, 0.3) is 0 Å². The summed E-state index contributed by atoms with van der Waals surface area (Å²) in [5.74, 6) is -0.818. The lowest BCUT2D eigenvalue weighted by molar-refractivity contribution is -0.139. The molecular formula is C28H32ClN3O4S. The lowest BCUT2D eigenvalue weighted by Crippen LogP contribution is -2.51. The predicted octanol–water partition coefficient (Wildman–Crippen LogP) is 4.79. The Balaban J connectivity index is 2.02. The molecule has 3 rings (SSSR count). The van der Waals surface area contributed by atoms with Crippen molar-refractivity contribution in [3.63, 3.8) is 0 Å². The van der Waals surface area contributed by atoms with Crippen molar-refractivity contribution in [2.24, 2.45) is 0 Å². The van der Waals surface area contributed by atoms with Crippen LogP contribution in [0.2, 0.25) is 5.02 Å². The van der Waals surface area contributed by atoms with E-state index in [4.69, 9.17) is 11.6 Å². The molecule has 2 amide bonds. The summed E-state index contributed by atoms with van der Waals surface area (Å²) in [6.07, 6.45) is 0.752. The van der Waals surface area contributed by atoms with E-state index in [2.05, 4.69) is 5.32 Å². The van der Waals surface area contributed by atoms with Gasteiger partial charge in [0.25, 0.3) is 10.0 Å². The number of halogens is 1. The van der Waals surface area contributed by atoms with Crippen LogP contribution in [-0.2, 0) is 26.2 Å². The maximum atomic E-state index is 13.8. The number of sulfonamides is 1. The van der Waals surface area contributed by atoms with Crippen LogP contribution in [0.1, 0.15) is 31.4 Å². The minimum absolute atomic E-state index is 0.0443. The van der Waals surface area contributed by atoms with E-state index in [1.165, 1.54) is 23.1 Å². The molecule has 0 spiro atoms. The first-order valence-corrected chi connectivity index (χ1v) is 13.9. The zero-order valence-corrected chi connectivity index (χ0v) is 22.8. The molecule has 0 saturated heterocycles. The Hall–Kier alpha value is -3.36. The number of hydrogen-bond donors (Lipinski definition) is 1. The van der Waals surface area contributed by atoms with Gasteiger partial charge in [-0.2, -0.15) is 0 Å². The van der Waals surface area contributed by atoms with Gasteiger partial charge in [0.2, 0.25) is 11.8 Å². The first-order valence-electron chi connectivity index (χ1n) is 12.1. The van der Waals surface area contributed by atoms with Crippen LogP contribution in [-0.4, -0.2) is 44.3 Å². The quantitative estimate of drug-likeness (QED) is 0.378. The van der Waals surface area contributed by atoms with Crippen LogP contribution in [0.4, 0.5) is 5.69 Å². The van der Waals surface area contributed by atoms with Crippen LogP contribution >= 0.6 is 11.6 Å². The maximum Gasteiger partial charge on any atom is 0.264 e. The third-order valence-corrected chi connectivity index (χ3v) is 8.16. The molecule has 0 saturated carbocycles. The average Bonchev–Trinajstić information content (AvgIpc) is 2.91. The summed E-state index contributed by atoms with van der Waals surface area (Å²) in [4.78, 5) is 28.1. The van der Waals surface area contributed by atoms with Crippen molar-refractivity contribution >= 4 is 39.1 Å². The number of aryl methyl sites for hydroxylation is 1. The van der Waals surface area contributed by atoms with E-state index in [9.17, 15) is 18.0 Å². The second-order valence-electron chi connectivity index (χ2n) is 8.73. The van der Waals surface area contributed by atoms with Gasteiger partial charge in [-0.25, -0.2) is 8.42 Å². The SMILES string of the molecule is CCCNC(=O)[C@H](C)N(Cc1ccccc1)C(=O)CN(c1ccc(C)c(Cl)c1)S(=O)(=O)c1ccccc1. The molecule has 3 aromatic carbocycles. The topological polar surface area (TPSA) is 86.8 Å².